The highest BCUT2D eigenvalue weighted by Crippen LogP contribution is 2.37. The SMILES string of the molecule is CCC(F)OC(F)(F)C(F)(F)F. The van der Waals surface area contributed by atoms with Gasteiger partial charge in [-0.05, 0) is 0 Å². The second kappa shape index (κ2) is 3.51. The molecule has 0 rings (SSSR count). The van der Waals surface area contributed by atoms with E-state index >= 15 is 0 Å². The second-order valence-electron chi connectivity index (χ2n) is 1.95. The predicted octanol–water partition coefficient (Wildman–Crippen LogP) is 2.86. The van der Waals surface area contributed by atoms with Crippen LogP contribution in [0.4, 0.5) is 26.3 Å². The molecule has 1 nitrogen and oxygen atoms in total. The van der Waals surface area contributed by atoms with Gasteiger partial charge in [-0.2, -0.15) is 22.0 Å². The van der Waals surface area contributed by atoms with E-state index in [9.17, 15) is 26.3 Å². The fourth-order valence-corrected chi connectivity index (χ4v) is 0.311. The molecule has 0 fully saturated rings. The van der Waals surface area contributed by atoms with Crippen molar-refractivity contribution in [2.45, 2.75) is 32.0 Å². The summed E-state index contributed by atoms with van der Waals surface area (Å²) in [6.07, 6.45) is -14.5. The Morgan fingerprint density at radius 2 is 1.58 bits per heavy atom. The first-order valence-corrected chi connectivity index (χ1v) is 2.97. The molecule has 0 saturated heterocycles. The maximum absolute atomic E-state index is 12.0. The van der Waals surface area contributed by atoms with Gasteiger partial charge in [0.05, 0.1) is 0 Å². The third-order valence-electron chi connectivity index (χ3n) is 0.927. The summed E-state index contributed by atoms with van der Waals surface area (Å²) in [5.41, 5.74) is 0. The largest absolute Gasteiger partial charge is 0.483 e. The van der Waals surface area contributed by atoms with Gasteiger partial charge in [0.2, 0.25) is 6.36 Å². The predicted molar refractivity (Wildman–Crippen MR) is 27.3 cm³/mol. The van der Waals surface area contributed by atoms with E-state index < -0.39 is 25.1 Å². The van der Waals surface area contributed by atoms with Crippen molar-refractivity contribution in [1.29, 1.82) is 0 Å². The van der Waals surface area contributed by atoms with E-state index in [1.165, 1.54) is 0 Å². The minimum Gasteiger partial charge on any atom is -0.278 e. The normalized spacial score (nSPS) is 16.2. The summed E-state index contributed by atoms with van der Waals surface area (Å²) in [6.45, 7) is 1.08. The van der Waals surface area contributed by atoms with Gasteiger partial charge >= 0.3 is 12.3 Å². The molecule has 0 N–H and O–H groups in total. The van der Waals surface area contributed by atoms with Gasteiger partial charge in [0.15, 0.2) is 0 Å². The molecule has 0 aliphatic heterocycles. The quantitative estimate of drug-likeness (QED) is 0.630. The van der Waals surface area contributed by atoms with E-state index in [0.717, 1.165) is 6.92 Å². The van der Waals surface area contributed by atoms with Crippen LogP contribution in [0.25, 0.3) is 0 Å². The van der Waals surface area contributed by atoms with E-state index in [1.54, 1.807) is 0 Å². The molecule has 74 valence electrons. The van der Waals surface area contributed by atoms with Crippen LogP contribution in [-0.4, -0.2) is 18.6 Å². The van der Waals surface area contributed by atoms with Crippen molar-refractivity contribution in [1.82, 2.24) is 0 Å². The molecule has 1 atom stereocenters. The lowest BCUT2D eigenvalue weighted by molar-refractivity contribution is -0.413. The highest BCUT2D eigenvalue weighted by atomic mass is 19.4. The van der Waals surface area contributed by atoms with Crippen LogP contribution in [-0.2, 0) is 4.74 Å². The van der Waals surface area contributed by atoms with Gasteiger partial charge in [-0.25, -0.2) is 4.39 Å². The Bertz CT molecular complexity index is 141. The van der Waals surface area contributed by atoms with E-state index in [1.807, 2.05) is 0 Å². The van der Waals surface area contributed by atoms with Crippen molar-refractivity contribution < 1.29 is 31.1 Å². The standard InChI is InChI=1S/C5H6F6O/c1-2-3(6)12-5(10,11)4(7,8)9/h3H,2H2,1H3. The van der Waals surface area contributed by atoms with Crippen LogP contribution >= 0.6 is 0 Å². The molecule has 0 heterocycles. The molecule has 0 aromatic heterocycles. The second-order valence-corrected chi connectivity index (χ2v) is 1.95. The summed E-state index contributed by atoms with van der Waals surface area (Å²) in [6, 6.07) is 0. The van der Waals surface area contributed by atoms with Crippen molar-refractivity contribution in [3.63, 3.8) is 0 Å². The summed E-state index contributed by atoms with van der Waals surface area (Å²) < 4.78 is 72.2. The zero-order chi connectivity index (χ0) is 9.99. The lowest BCUT2D eigenvalue weighted by atomic mass is 10.5. The van der Waals surface area contributed by atoms with Crippen LogP contribution in [0.5, 0.6) is 0 Å². The average molecular weight is 196 g/mol. The number of halogens is 6. The van der Waals surface area contributed by atoms with E-state index in [2.05, 4.69) is 4.74 Å². The van der Waals surface area contributed by atoms with Gasteiger partial charge in [0, 0.05) is 6.42 Å². The van der Waals surface area contributed by atoms with Gasteiger partial charge in [0.1, 0.15) is 0 Å². The molecular weight excluding hydrogens is 190 g/mol. The molecular formula is C5H6F6O. The van der Waals surface area contributed by atoms with Crippen LogP contribution in [0, 0.1) is 0 Å². The van der Waals surface area contributed by atoms with Crippen LogP contribution < -0.4 is 0 Å². The van der Waals surface area contributed by atoms with Crippen molar-refractivity contribution in [3.8, 4) is 0 Å². The topological polar surface area (TPSA) is 9.23 Å². The molecule has 7 heteroatoms. The maximum atomic E-state index is 12.0. The number of ether oxygens (including phenoxy) is 1. The van der Waals surface area contributed by atoms with Gasteiger partial charge in [-0.3, -0.25) is 4.74 Å². The van der Waals surface area contributed by atoms with E-state index in [4.69, 9.17) is 0 Å². The Hall–Kier alpha value is -0.460. The highest BCUT2D eigenvalue weighted by molar-refractivity contribution is 4.64. The smallest absolute Gasteiger partial charge is 0.278 e. The monoisotopic (exact) mass is 196 g/mol. The summed E-state index contributed by atoms with van der Waals surface area (Å²) in [4.78, 5) is 0. The molecule has 0 aliphatic carbocycles. The summed E-state index contributed by atoms with van der Waals surface area (Å²) in [5.74, 6) is 0. The number of hydrogen-bond acceptors (Lipinski definition) is 1. The molecule has 0 radical (unpaired) electrons. The third kappa shape index (κ3) is 2.88. The lowest BCUT2D eigenvalue weighted by Crippen LogP contribution is -2.41. The molecule has 0 amide bonds. The van der Waals surface area contributed by atoms with E-state index in [-0.39, 0.29) is 0 Å². The Balaban J connectivity index is 4.22. The fraction of sp³-hybridized carbons (Fsp3) is 1.00. The van der Waals surface area contributed by atoms with Gasteiger partial charge in [-0.15, -0.1) is 0 Å². The Kier molecular flexibility index (Phi) is 3.37. The van der Waals surface area contributed by atoms with Crippen molar-refractivity contribution in [2.75, 3.05) is 0 Å². The Labute approximate surface area is 64.3 Å². The van der Waals surface area contributed by atoms with Crippen molar-refractivity contribution in [2.24, 2.45) is 0 Å². The lowest BCUT2D eigenvalue weighted by Gasteiger charge is -2.20. The zero-order valence-electron chi connectivity index (χ0n) is 5.96. The van der Waals surface area contributed by atoms with Gasteiger partial charge in [0.25, 0.3) is 0 Å². The highest BCUT2D eigenvalue weighted by Gasteiger charge is 2.60. The zero-order valence-corrected chi connectivity index (χ0v) is 5.96. The van der Waals surface area contributed by atoms with Gasteiger partial charge < -0.3 is 0 Å². The van der Waals surface area contributed by atoms with Crippen LogP contribution in [0.15, 0.2) is 0 Å². The molecule has 1 unspecified atom stereocenters. The third-order valence-corrected chi connectivity index (χ3v) is 0.927. The molecule has 0 aromatic rings. The maximum Gasteiger partial charge on any atom is 0.483 e. The summed E-state index contributed by atoms with van der Waals surface area (Å²) >= 11 is 0. The molecule has 0 saturated carbocycles. The first-order chi connectivity index (χ1) is 5.20. The average Bonchev–Trinajstić information content (AvgIpc) is 1.84. The summed E-state index contributed by atoms with van der Waals surface area (Å²) in [5, 5.41) is 0. The van der Waals surface area contributed by atoms with Crippen LogP contribution in [0.1, 0.15) is 13.3 Å². The summed E-state index contributed by atoms with van der Waals surface area (Å²) in [7, 11) is 0. The fourth-order valence-electron chi connectivity index (χ4n) is 0.311. The first-order valence-electron chi connectivity index (χ1n) is 2.97. The molecule has 0 bridgehead atoms. The number of rotatable bonds is 3. The number of hydrogen-bond donors (Lipinski definition) is 0. The van der Waals surface area contributed by atoms with E-state index in [0.29, 0.717) is 0 Å². The van der Waals surface area contributed by atoms with Crippen molar-refractivity contribution in [3.05, 3.63) is 0 Å². The Morgan fingerprint density at radius 1 is 1.17 bits per heavy atom. The molecule has 0 spiro atoms. The molecule has 12 heavy (non-hydrogen) atoms. The molecule has 0 aliphatic rings. The number of alkyl halides is 6. The Morgan fingerprint density at radius 3 is 1.83 bits per heavy atom. The first kappa shape index (κ1) is 11.5. The van der Waals surface area contributed by atoms with Crippen LogP contribution in [0.3, 0.4) is 0 Å². The minimum atomic E-state index is -5.87. The van der Waals surface area contributed by atoms with Crippen LogP contribution in [0.2, 0.25) is 0 Å². The van der Waals surface area contributed by atoms with Crippen molar-refractivity contribution >= 4 is 0 Å². The minimum absolute atomic E-state index is 0.564. The van der Waals surface area contributed by atoms with Gasteiger partial charge in [-0.1, -0.05) is 6.92 Å². The molecule has 0 aromatic carbocycles.